The van der Waals surface area contributed by atoms with Gasteiger partial charge in [-0.25, -0.2) is 0 Å². The van der Waals surface area contributed by atoms with Crippen LogP contribution in [0.25, 0.3) is 5.76 Å². The highest BCUT2D eigenvalue weighted by molar-refractivity contribution is 7.10. The van der Waals surface area contributed by atoms with Gasteiger partial charge in [0.25, 0.3) is 11.7 Å². The number of aryl methyl sites for hydroxylation is 2. The van der Waals surface area contributed by atoms with E-state index in [1.54, 1.807) is 24.3 Å². The number of carbonyl (C=O) groups is 2. The zero-order valence-electron chi connectivity index (χ0n) is 16.9. The van der Waals surface area contributed by atoms with E-state index >= 15 is 0 Å². The van der Waals surface area contributed by atoms with Crippen molar-refractivity contribution < 1.29 is 19.4 Å². The predicted molar refractivity (Wildman–Crippen MR) is 118 cm³/mol. The summed E-state index contributed by atoms with van der Waals surface area (Å²) in [7, 11) is 1.50. The molecule has 1 aliphatic rings. The summed E-state index contributed by atoms with van der Waals surface area (Å²) < 4.78 is 5.37. The van der Waals surface area contributed by atoms with Gasteiger partial charge in [-0.3, -0.25) is 14.5 Å². The first kappa shape index (κ1) is 19.9. The lowest BCUT2D eigenvalue weighted by atomic mass is 9.97. The van der Waals surface area contributed by atoms with E-state index in [1.165, 1.54) is 23.3 Å². The number of rotatable bonds is 4. The number of anilines is 1. The molecule has 5 nitrogen and oxygen atoms in total. The molecule has 2 heterocycles. The molecule has 0 spiro atoms. The van der Waals surface area contributed by atoms with Gasteiger partial charge in [0.05, 0.1) is 18.2 Å². The first-order valence-corrected chi connectivity index (χ1v) is 10.4. The van der Waals surface area contributed by atoms with Crippen molar-refractivity contribution in [2.24, 2.45) is 0 Å². The normalized spacial score (nSPS) is 18.1. The lowest BCUT2D eigenvalue weighted by molar-refractivity contribution is -0.132. The number of nitrogens with zero attached hydrogens (tertiary/aromatic N) is 1. The fourth-order valence-electron chi connectivity index (χ4n) is 3.81. The quantitative estimate of drug-likeness (QED) is 0.367. The number of ketones is 1. The highest BCUT2D eigenvalue weighted by Gasteiger charge is 2.48. The number of aliphatic hydroxyl groups is 1. The molecule has 1 amide bonds. The maximum Gasteiger partial charge on any atom is 0.300 e. The van der Waals surface area contributed by atoms with E-state index in [0.717, 1.165) is 16.0 Å². The number of methoxy groups -OCH3 is 1. The molecular formula is C24H21NO4S. The van der Waals surface area contributed by atoms with E-state index in [-0.39, 0.29) is 11.3 Å². The van der Waals surface area contributed by atoms with Crippen LogP contribution < -0.4 is 9.64 Å². The third-order valence-corrected chi connectivity index (χ3v) is 6.40. The van der Waals surface area contributed by atoms with Gasteiger partial charge in [-0.2, -0.15) is 0 Å². The number of amides is 1. The van der Waals surface area contributed by atoms with Crippen molar-refractivity contribution in [1.82, 2.24) is 0 Å². The van der Waals surface area contributed by atoms with Gasteiger partial charge in [0.15, 0.2) is 0 Å². The number of carbonyl (C=O) groups excluding carboxylic acids is 2. The summed E-state index contributed by atoms with van der Waals surface area (Å²) in [5, 5.41) is 13.1. The minimum Gasteiger partial charge on any atom is -0.507 e. The number of hydrogen-bond donors (Lipinski definition) is 1. The SMILES string of the molecule is COc1ccccc1/C(O)=C1\C(=O)C(=O)N(c2ccccc2C)C1c1sccc1C. The third kappa shape index (κ3) is 3.09. The Kier molecular flexibility index (Phi) is 5.18. The highest BCUT2D eigenvalue weighted by atomic mass is 32.1. The highest BCUT2D eigenvalue weighted by Crippen LogP contribution is 2.46. The van der Waals surface area contributed by atoms with Crippen LogP contribution in [0.5, 0.6) is 5.75 Å². The van der Waals surface area contributed by atoms with Gasteiger partial charge >= 0.3 is 0 Å². The number of aliphatic hydroxyl groups excluding tert-OH is 1. The molecule has 1 fully saturated rings. The molecular weight excluding hydrogens is 398 g/mol. The van der Waals surface area contributed by atoms with Crippen LogP contribution in [-0.2, 0) is 9.59 Å². The summed E-state index contributed by atoms with van der Waals surface area (Å²) in [5.41, 5.74) is 2.92. The van der Waals surface area contributed by atoms with E-state index in [9.17, 15) is 14.7 Å². The van der Waals surface area contributed by atoms with Crippen molar-refractivity contribution in [3.8, 4) is 5.75 Å². The van der Waals surface area contributed by atoms with Gasteiger partial charge in [0.1, 0.15) is 17.6 Å². The largest absolute Gasteiger partial charge is 0.507 e. The maximum absolute atomic E-state index is 13.2. The Bertz CT molecular complexity index is 1180. The first-order valence-electron chi connectivity index (χ1n) is 9.49. The molecule has 0 aliphatic carbocycles. The van der Waals surface area contributed by atoms with Gasteiger partial charge in [-0.1, -0.05) is 30.3 Å². The lowest BCUT2D eigenvalue weighted by Crippen LogP contribution is -2.30. The predicted octanol–water partition coefficient (Wildman–Crippen LogP) is 5.00. The van der Waals surface area contributed by atoms with E-state index in [4.69, 9.17) is 4.74 Å². The molecule has 30 heavy (non-hydrogen) atoms. The van der Waals surface area contributed by atoms with E-state index in [0.29, 0.717) is 17.0 Å². The summed E-state index contributed by atoms with van der Waals surface area (Å²) in [6.45, 7) is 3.83. The number of benzene rings is 2. The molecule has 1 atom stereocenters. The molecule has 0 saturated carbocycles. The molecule has 0 bridgehead atoms. The average molecular weight is 420 g/mol. The van der Waals surface area contributed by atoms with E-state index < -0.39 is 17.7 Å². The van der Waals surface area contributed by atoms with Gasteiger partial charge in [0, 0.05) is 10.6 Å². The van der Waals surface area contributed by atoms with Crippen molar-refractivity contribution in [2.45, 2.75) is 19.9 Å². The monoisotopic (exact) mass is 419 g/mol. The molecule has 1 aromatic heterocycles. The van der Waals surface area contributed by atoms with Crippen LogP contribution in [-0.4, -0.2) is 23.9 Å². The number of thiophene rings is 1. The standard InChI is InChI=1S/C24H21NO4S/c1-14-8-4-6-10-17(14)25-20(23-15(2)12-13-30-23)19(22(27)24(25)28)21(26)16-9-5-7-11-18(16)29-3/h4-13,20,26H,1-3H3/b21-19+. The molecule has 1 saturated heterocycles. The third-order valence-electron chi connectivity index (χ3n) is 5.33. The van der Waals surface area contributed by atoms with Crippen LogP contribution in [0.4, 0.5) is 5.69 Å². The number of ether oxygens (including phenoxy) is 1. The molecule has 1 aliphatic heterocycles. The minimum atomic E-state index is -0.712. The smallest absolute Gasteiger partial charge is 0.300 e. The molecule has 2 aromatic carbocycles. The van der Waals surface area contributed by atoms with Crippen molar-refractivity contribution in [3.63, 3.8) is 0 Å². The van der Waals surface area contributed by atoms with Crippen LogP contribution in [0.15, 0.2) is 65.6 Å². The molecule has 3 aromatic rings. The molecule has 1 N–H and O–H groups in total. The lowest BCUT2D eigenvalue weighted by Gasteiger charge is -2.26. The fraction of sp³-hybridized carbons (Fsp3) is 0.167. The number of para-hydroxylation sites is 2. The second kappa shape index (κ2) is 7.80. The summed E-state index contributed by atoms with van der Waals surface area (Å²) in [6.07, 6.45) is 0. The Morgan fingerprint density at radius 2 is 1.70 bits per heavy atom. The second-order valence-corrected chi connectivity index (χ2v) is 8.07. The van der Waals surface area contributed by atoms with Crippen LogP contribution in [0, 0.1) is 13.8 Å². The average Bonchev–Trinajstić information content (AvgIpc) is 3.28. The molecule has 152 valence electrons. The molecule has 0 radical (unpaired) electrons. The summed E-state index contributed by atoms with van der Waals surface area (Å²) in [5.74, 6) is -1.17. The van der Waals surface area contributed by atoms with Gasteiger partial charge < -0.3 is 9.84 Å². The van der Waals surface area contributed by atoms with Crippen molar-refractivity contribution in [3.05, 3.63) is 87.1 Å². The van der Waals surface area contributed by atoms with Crippen molar-refractivity contribution >= 4 is 34.5 Å². The van der Waals surface area contributed by atoms with E-state index in [2.05, 4.69) is 0 Å². The maximum atomic E-state index is 13.2. The van der Waals surface area contributed by atoms with Crippen LogP contribution in [0.1, 0.15) is 27.6 Å². The van der Waals surface area contributed by atoms with Crippen molar-refractivity contribution in [2.75, 3.05) is 12.0 Å². The van der Waals surface area contributed by atoms with Gasteiger partial charge in [0.2, 0.25) is 0 Å². The Labute approximate surface area is 178 Å². The van der Waals surface area contributed by atoms with Crippen LogP contribution in [0.3, 0.4) is 0 Å². The molecule has 1 unspecified atom stereocenters. The zero-order valence-corrected chi connectivity index (χ0v) is 17.7. The Hall–Kier alpha value is -3.38. The van der Waals surface area contributed by atoms with Crippen LogP contribution in [0.2, 0.25) is 0 Å². The van der Waals surface area contributed by atoms with Gasteiger partial charge in [-0.05, 0) is 54.6 Å². The first-order chi connectivity index (χ1) is 14.5. The summed E-state index contributed by atoms with van der Waals surface area (Å²) in [4.78, 5) is 28.7. The topological polar surface area (TPSA) is 66.8 Å². The van der Waals surface area contributed by atoms with Gasteiger partial charge in [-0.15, -0.1) is 11.3 Å². The summed E-state index contributed by atoms with van der Waals surface area (Å²) >= 11 is 1.46. The fourth-order valence-corrected chi connectivity index (χ4v) is 4.84. The van der Waals surface area contributed by atoms with Crippen LogP contribution >= 0.6 is 11.3 Å². The Morgan fingerprint density at radius 3 is 2.37 bits per heavy atom. The zero-order chi connectivity index (χ0) is 21.4. The molecule has 6 heteroatoms. The van der Waals surface area contributed by atoms with Crippen molar-refractivity contribution in [1.29, 1.82) is 0 Å². The minimum absolute atomic E-state index is 0.0679. The Balaban J connectivity index is 2.00. The summed E-state index contributed by atoms with van der Waals surface area (Å²) in [6, 6.07) is 15.6. The number of hydrogen-bond acceptors (Lipinski definition) is 5. The number of Topliss-reactive ketones (excluding diaryl/α,β-unsaturated/α-hetero) is 1. The Morgan fingerprint density at radius 1 is 1.00 bits per heavy atom. The molecule has 4 rings (SSSR count). The second-order valence-electron chi connectivity index (χ2n) is 7.12. The van der Waals surface area contributed by atoms with E-state index in [1.807, 2.05) is 49.6 Å².